The standard InChI is InChI=1S/C9H6BrF3/c10-7-3-1-6(2-4-7)8(11)5-9(8,12)13/h1-4H,5H2. The molecule has 0 nitrogen and oxygen atoms in total. The summed E-state index contributed by atoms with van der Waals surface area (Å²) < 4.78 is 39.3. The predicted molar refractivity (Wildman–Crippen MR) is 46.5 cm³/mol. The fourth-order valence-corrected chi connectivity index (χ4v) is 1.55. The Hall–Kier alpha value is -0.510. The molecule has 1 saturated carbocycles. The largest absolute Gasteiger partial charge is 0.289 e. The first kappa shape index (κ1) is 9.06. The Labute approximate surface area is 81.9 Å². The molecule has 4 heteroatoms. The highest BCUT2D eigenvalue weighted by molar-refractivity contribution is 9.10. The first-order valence-electron chi connectivity index (χ1n) is 3.78. The van der Waals surface area contributed by atoms with Gasteiger partial charge in [0.05, 0.1) is 6.42 Å². The molecule has 0 radical (unpaired) electrons. The van der Waals surface area contributed by atoms with Gasteiger partial charge in [0.2, 0.25) is 5.67 Å². The van der Waals surface area contributed by atoms with E-state index in [2.05, 4.69) is 15.9 Å². The highest BCUT2D eigenvalue weighted by Gasteiger charge is 2.74. The lowest BCUT2D eigenvalue weighted by atomic mass is 10.1. The zero-order valence-corrected chi connectivity index (χ0v) is 8.11. The zero-order chi connectivity index (χ0) is 9.69. The van der Waals surface area contributed by atoms with Crippen LogP contribution in [-0.2, 0) is 5.67 Å². The maximum absolute atomic E-state index is 13.4. The van der Waals surface area contributed by atoms with Gasteiger partial charge in [-0.15, -0.1) is 0 Å². The van der Waals surface area contributed by atoms with Crippen molar-refractivity contribution in [1.29, 1.82) is 0 Å². The van der Waals surface area contributed by atoms with Gasteiger partial charge in [-0.2, -0.15) is 0 Å². The van der Waals surface area contributed by atoms with Crippen molar-refractivity contribution in [2.24, 2.45) is 0 Å². The maximum atomic E-state index is 13.4. The first-order valence-corrected chi connectivity index (χ1v) is 4.58. The lowest BCUT2D eigenvalue weighted by Gasteiger charge is -2.06. The average Bonchev–Trinajstić information content (AvgIpc) is 2.53. The highest BCUT2D eigenvalue weighted by Crippen LogP contribution is 2.62. The van der Waals surface area contributed by atoms with E-state index in [1.165, 1.54) is 12.1 Å². The topological polar surface area (TPSA) is 0 Å². The van der Waals surface area contributed by atoms with Crippen LogP contribution in [-0.4, -0.2) is 5.92 Å². The van der Waals surface area contributed by atoms with Crippen LogP contribution in [0, 0.1) is 0 Å². The molecule has 1 unspecified atom stereocenters. The van der Waals surface area contributed by atoms with Crippen molar-refractivity contribution in [1.82, 2.24) is 0 Å². The number of rotatable bonds is 1. The molecule has 1 fully saturated rings. The van der Waals surface area contributed by atoms with E-state index in [1.54, 1.807) is 12.1 Å². The summed E-state index contributed by atoms with van der Waals surface area (Å²) in [5.41, 5.74) is -2.37. The molecule has 0 amide bonds. The third-order valence-corrected chi connectivity index (χ3v) is 2.75. The molecule has 0 N–H and O–H groups in total. The molecule has 0 spiro atoms. The van der Waals surface area contributed by atoms with Gasteiger partial charge in [0.1, 0.15) is 0 Å². The van der Waals surface area contributed by atoms with Gasteiger partial charge in [-0.05, 0) is 17.7 Å². The molecular formula is C9H6BrF3. The quantitative estimate of drug-likeness (QED) is 0.714. The zero-order valence-electron chi connectivity index (χ0n) is 6.53. The molecule has 0 saturated heterocycles. The normalized spacial score (nSPS) is 30.2. The van der Waals surface area contributed by atoms with E-state index in [9.17, 15) is 13.2 Å². The van der Waals surface area contributed by atoms with Crippen molar-refractivity contribution in [3.63, 3.8) is 0 Å². The van der Waals surface area contributed by atoms with E-state index < -0.39 is 18.0 Å². The Morgan fingerprint density at radius 1 is 1.08 bits per heavy atom. The Morgan fingerprint density at radius 2 is 1.54 bits per heavy atom. The van der Waals surface area contributed by atoms with Crippen LogP contribution in [0.3, 0.4) is 0 Å². The van der Waals surface area contributed by atoms with E-state index in [4.69, 9.17) is 0 Å². The van der Waals surface area contributed by atoms with Crippen molar-refractivity contribution < 1.29 is 13.2 Å². The summed E-state index contributed by atoms with van der Waals surface area (Å²) in [6.07, 6.45) is -0.693. The molecule has 0 heterocycles. The van der Waals surface area contributed by atoms with Crippen molar-refractivity contribution in [2.75, 3.05) is 0 Å². The number of hydrogen-bond donors (Lipinski definition) is 0. The Morgan fingerprint density at radius 3 is 1.92 bits per heavy atom. The number of halogens is 4. The number of alkyl halides is 3. The second kappa shape index (κ2) is 2.50. The van der Waals surface area contributed by atoms with Gasteiger partial charge < -0.3 is 0 Å². The maximum Gasteiger partial charge on any atom is 0.289 e. The summed E-state index contributed by atoms with van der Waals surface area (Å²) in [4.78, 5) is 0. The van der Waals surface area contributed by atoms with Gasteiger partial charge in [0.15, 0.2) is 0 Å². The molecular weight excluding hydrogens is 245 g/mol. The minimum Gasteiger partial charge on any atom is -0.232 e. The van der Waals surface area contributed by atoms with Crippen LogP contribution in [0.4, 0.5) is 13.2 Å². The minimum absolute atomic E-state index is 0.0562. The van der Waals surface area contributed by atoms with Crippen LogP contribution in [0.1, 0.15) is 12.0 Å². The van der Waals surface area contributed by atoms with E-state index in [-0.39, 0.29) is 5.56 Å². The van der Waals surface area contributed by atoms with Crippen molar-refractivity contribution in [3.8, 4) is 0 Å². The van der Waals surface area contributed by atoms with Crippen molar-refractivity contribution >= 4 is 15.9 Å². The number of hydrogen-bond acceptors (Lipinski definition) is 0. The molecule has 2 rings (SSSR count). The number of benzene rings is 1. The van der Waals surface area contributed by atoms with Gasteiger partial charge in [0.25, 0.3) is 5.92 Å². The fourth-order valence-electron chi connectivity index (χ4n) is 1.29. The van der Waals surface area contributed by atoms with Crippen LogP contribution < -0.4 is 0 Å². The molecule has 0 bridgehead atoms. The molecule has 13 heavy (non-hydrogen) atoms. The van der Waals surface area contributed by atoms with Crippen LogP contribution in [0.15, 0.2) is 28.7 Å². The molecule has 0 aliphatic heterocycles. The molecule has 1 aliphatic rings. The molecule has 1 aliphatic carbocycles. The first-order chi connectivity index (χ1) is 5.96. The predicted octanol–water partition coefficient (Wildman–Crippen LogP) is 3.65. The summed E-state index contributed by atoms with van der Waals surface area (Å²) >= 11 is 3.15. The average molecular weight is 251 g/mol. The Bertz CT molecular complexity index is 333. The fraction of sp³-hybridized carbons (Fsp3) is 0.333. The van der Waals surface area contributed by atoms with Gasteiger partial charge >= 0.3 is 0 Å². The van der Waals surface area contributed by atoms with Crippen LogP contribution >= 0.6 is 15.9 Å². The minimum atomic E-state index is -3.18. The smallest absolute Gasteiger partial charge is 0.232 e. The SMILES string of the molecule is FC1(F)CC1(F)c1ccc(Br)cc1. The second-order valence-electron chi connectivity index (χ2n) is 3.19. The third-order valence-electron chi connectivity index (χ3n) is 2.22. The lowest BCUT2D eigenvalue weighted by molar-refractivity contribution is 0.0421. The molecule has 0 aromatic heterocycles. The Kier molecular flexibility index (Phi) is 1.74. The van der Waals surface area contributed by atoms with Gasteiger partial charge in [-0.1, -0.05) is 28.1 Å². The summed E-state index contributed by atoms with van der Waals surface area (Å²) in [6.45, 7) is 0. The van der Waals surface area contributed by atoms with E-state index in [0.29, 0.717) is 0 Å². The molecule has 70 valence electrons. The monoisotopic (exact) mass is 250 g/mol. The Balaban J connectivity index is 2.34. The summed E-state index contributed by atoms with van der Waals surface area (Å²) in [5, 5.41) is 0. The summed E-state index contributed by atoms with van der Waals surface area (Å²) in [5.74, 6) is -3.18. The summed E-state index contributed by atoms with van der Waals surface area (Å²) in [6, 6.07) is 5.88. The third kappa shape index (κ3) is 1.27. The van der Waals surface area contributed by atoms with Crippen molar-refractivity contribution in [3.05, 3.63) is 34.3 Å². The molecule has 1 atom stereocenters. The van der Waals surface area contributed by atoms with E-state index >= 15 is 0 Å². The van der Waals surface area contributed by atoms with E-state index in [0.717, 1.165) is 4.47 Å². The van der Waals surface area contributed by atoms with Crippen LogP contribution in [0.2, 0.25) is 0 Å². The van der Waals surface area contributed by atoms with Gasteiger partial charge in [0, 0.05) is 4.47 Å². The van der Waals surface area contributed by atoms with Gasteiger partial charge in [-0.3, -0.25) is 0 Å². The molecule has 1 aromatic rings. The summed E-state index contributed by atoms with van der Waals surface area (Å²) in [7, 11) is 0. The molecule has 1 aromatic carbocycles. The van der Waals surface area contributed by atoms with Crippen LogP contribution in [0.5, 0.6) is 0 Å². The lowest BCUT2D eigenvalue weighted by Crippen LogP contribution is -2.09. The highest BCUT2D eigenvalue weighted by atomic mass is 79.9. The second-order valence-corrected chi connectivity index (χ2v) is 4.10. The van der Waals surface area contributed by atoms with Crippen LogP contribution in [0.25, 0.3) is 0 Å². The van der Waals surface area contributed by atoms with E-state index in [1.807, 2.05) is 0 Å². The van der Waals surface area contributed by atoms with Crippen molar-refractivity contribution in [2.45, 2.75) is 18.0 Å². The van der Waals surface area contributed by atoms with Gasteiger partial charge in [-0.25, -0.2) is 13.2 Å².